The predicted octanol–water partition coefficient (Wildman–Crippen LogP) is 2.18. The van der Waals surface area contributed by atoms with E-state index >= 15 is 0 Å². The molecule has 0 radical (unpaired) electrons. The number of fused-ring (bicyclic) bond motifs is 1. The molecule has 0 aromatic heterocycles. The average molecular weight is 271 g/mol. The van der Waals surface area contributed by atoms with Crippen LogP contribution >= 0.6 is 0 Å². The molecule has 1 aromatic rings. The van der Waals surface area contributed by atoms with Crippen LogP contribution < -0.4 is 0 Å². The zero-order valence-corrected chi connectivity index (χ0v) is 9.75. The Morgan fingerprint density at radius 2 is 2.05 bits per heavy atom. The highest BCUT2D eigenvalue weighted by Gasteiger charge is 2.34. The Balaban J connectivity index is 2.48. The molecule has 1 aliphatic heterocycles. The van der Waals surface area contributed by atoms with Gasteiger partial charge in [-0.1, -0.05) is 0 Å². The highest BCUT2D eigenvalue weighted by Crippen LogP contribution is 2.32. The van der Waals surface area contributed by atoms with Gasteiger partial charge in [0, 0.05) is 6.21 Å². The summed E-state index contributed by atoms with van der Waals surface area (Å²) in [5.41, 5.74) is -1.08. The van der Waals surface area contributed by atoms with Crippen molar-refractivity contribution < 1.29 is 27.5 Å². The van der Waals surface area contributed by atoms with E-state index in [2.05, 4.69) is 9.73 Å². The van der Waals surface area contributed by atoms with Crippen LogP contribution in [0.3, 0.4) is 0 Å². The van der Waals surface area contributed by atoms with Gasteiger partial charge >= 0.3 is 5.97 Å². The SMILES string of the molecule is CCOC(=O)C1C=Nc2c(cc(F)c(F)c2F)C1=O. The van der Waals surface area contributed by atoms with Crippen LogP contribution in [0, 0.1) is 23.4 Å². The standard InChI is InChI=1S/C12H8F3NO3/c1-2-19-12(18)6-4-16-10-5(11(6)17)3-7(13)8(14)9(10)15/h3-4,6H,2H2,1H3. The largest absolute Gasteiger partial charge is 0.465 e. The van der Waals surface area contributed by atoms with E-state index in [-0.39, 0.29) is 6.61 Å². The Labute approximate surface area is 105 Å². The molecule has 0 amide bonds. The number of carbonyl (C=O) groups is 2. The molecule has 7 heteroatoms. The van der Waals surface area contributed by atoms with Crippen LogP contribution in [0.1, 0.15) is 17.3 Å². The van der Waals surface area contributed by atoms with E-state index in [0.29, 0.717) is 6.07 Å². The number of benzene rings is 1. The fourth-order valence-electron chi connectivity index (χ4n) is 1.68. The van der Waals surface area contributed by atoms with Gasteiger partial charge in [-0.15, -0.1) is 0 Å². The molecule has 1 aromatic carbocycles. The molecule has 4 nitrogen and oxygen atoms in total. The van der Waals surface area contributed by atoms with Crippen LogP contribution in [0.25, 0.3) is 0 Å². The number of ether oxygens (including phenoxy) is 1. The maximum atomic E-state index is 13.4. The predicted molar refractivity (Wildman–Crippen MR) is 58.9 cm³/mol. The third-order valence-electron chi connectivity index (χ3n) is 2.58. The number of carbonyl (C=O) groups excluding carboxylic acids is 2. The minimum absolute atomic E-state index is 0.0510. The molecule has 1 unspecified atom stereocenters. The van der Waals surface area contributed by atoms with Gasteiger partial charge in [-0.05, 0) is 13.0 Å². The average Bonchev–Trinajstić information content (AvgIpc) is 2.38. The van der Waals surface area contributed by atoms with E-state index in [4.69, 9.17) is 0 Å². The van der Waals surface area contributed by atoms with Crippen LogP contribution in [0.5, 0.6) is 0 Å². The summed E-state index contributed by atoms with van der Waals surface area (Å²) in [5.74, 6) is -7.88. The summed E-state index contributed by atoms with van der Waals surface area (Å²) in [6.45, 7) is 1.60. The molecule has 0 saturated heterocycles. The van der Waals surface area contributed by atoms with Crippen molar-refractivity contribution >= 4 is 23.7 Å². The normalized spacial score (nSPS) is 17.3. The molecular formula is C12H8F3NO3. The number of nitrogens with zero attached hydrogens (tertiary/aromatic N) is 1. The minimum Gasteiger partial charge on any atom is -0.465 e. The molecule has 2 rings (SSSR count). The van der Waals surface area contributed by atoms with Crippen LogP contribution in [0.2, 0.25) is 0 Å². The molecule has 0 bridgehead atoms. The first-order valence-corrected chi connectivity index (χ1v) is 5.39. The summed E-state index contributed by atoms with van der Waals surface area (Å²) in [6.07, 6.45) is 0.864. The lowest BCUT2D eigenvalue weighted by Gasteiger charge is -2.16. The summed E-state index contributed by atoms with van der Waals surface area (Å²) >= 11 is 0. The van der Waals surface area contributed by atoms with Crippen molar-refractivity contribution in [3.8, 4) is 0 Å². The number of halogens is 3. The molecule has 0 aliphatic carbocycles. The summed E-state index contributed by atoms with van der Waals surface area (Å²) < 4.78 is 44.1. The summed E-state index contributed by atoms with van der Waals surface area (Å²) in [6, 6.07) is 0.527. The van der Waals surface area contributed by atoms with Crippen LogP contribution in [-0.4, -0.2) is 24.6 Å². The van der Waals surface area contributed by atoms with Crippen molar-refractivity contribution in [2.45, 2.75) is 6.92 Å². The summed E-state index contributed by atoms with van der Waals surface area (Å²) in [4.78, 5) is 26.9. The molecule has 0 N–H and O–H groups in total. The van der Waals surface area contributed by atoms with Crippen molar-refractivity contribution in [1.29, 1.82) is 0 Å². The number of rotatable bonds is 2. The van der Waals surface area contributed by atoms with Gasteiger partial charge in [0.15, 0.2) is 29.2 Å². The topological polar surface area (TPSA) is 55.7 Å². The second kappa shape index (κ2) is 4.83. The highest BCUT2D eigenvalue weighted by molar-refractivity contribution is 6.22. The van der Waals surface area contributed by atoms with Crippen molar-refractivity contribution in [1.82, 2.24) is 0 Å². The van der Waals surface area contributed by atoms with Gasteiger partial charge in [0.05, 0.1) is 12.2 Å². The van der Waals surface area contributed by atoms with Crippen molar-refractivity contribution in [3.63, 3.8) is 0 Å². The number of ketones is 1. The molecular weight excluding hydrogens is 263 g/mol. The first-order chi connectivity index (χ1) is 8.97. The van der Waals surface area contributed by atoms with Gasteiger partial charge in [0.25, 0.3) is 0 Å². The fourth-order valence-corrected chi connectivity index (χ4v) is 1.68. The molecule has 0 fully saturated rings. The zero-order chi connectivity index (χ0) is 14.2. The second-order valence-corrected chi connectivity index (χ2v) is 3.75. The van der Waals surface area contributed by atoms with E-state index in [1.807, 2.05) is 0 Å². The van der Waals surface area contributed by atoms with Crippen LogP contribution in [-0.2, 0) is 9.53 Å². The lowest BCUT2D eigenvalue weighted by molar-refractivity contribution is -0.144. The third kappa shape index (κ3) is 2.11. The Bertz CT molecular complexity index is 598. The smallest absolute Gasteiger partial charge is 0.322 e. The van der Waals surface area contributed by atoms with E-state index < -0.39 is 46.4 Å². The maximum Gasteiger partial charge on any atom is 0.322 e. The van der Waals surface area contributed by atoms with Gasteiger partial charge in [0.1, 0.15) is 5.69 Å². The fraction of sp³-hybridized carbons (Fsp3) is 0.250. The second-order valence-electron chi connectivity index (χ2n) is 3.75. The van der Waals surface area contributed by atoms with Gasteiger partial charge in [-0.2, -0.15) is 0 Å². The number of esters is 1. The summed E-state index contributed by atoms with van der Waals surface area (Å²) in [5, 5.41) is 0. The Morgan fingerprint density at radius 3 is 2.68 bits per heavy atom. The molecule has 1 aliphatic rings. The van der Waals surface area contributed by atoms with Gasteiger partial charge in [-0.3, -0.25) is 14.6 Å². The van der Waals surface area contributed by atoms with Gasteiger partial charge in [0.2, 0.25) is 0 Å². The molecule has 1 atom stereocenters. The quantitative estimate of drug-likeness (QED) is 0.470. The van der Waals surface area contributed by atoms with E-state index in [1.54, 1.807) is 6.92 Å². The van der Waals surface area contributed by atoms with Crippen molar-refractivity contribution in [2.75, 3.05) is 6.61 Å². The Kier molecular flexibility index (Phi) is 3.37. The maximum absolute atomic E-state index is 13.4. The van der Waals surface area contributed by atoms with Crippen LogP contribution in [0.4, 0.5) is 18.9 Å². The van der Waals surface area contributed by atoms with Gasteiger partial charge in [-0.25, -0.2) is 13.2 Å². The van der Waals surface area contributed by atoms with E-state index in [1.165, 1.54) is 0 Å². The third-order valence-corrected chi connectivity index (χ3v) is 2.58. The first-order valence-electron chi connectivity index (χ1n) is 5.39. The van der Waals surface area contributed by atoms with Crippen LogP contribution in [0.15, 0.2) is 11.1 Å². The Morgan fingerprint density at radius 1 is 1.37 bits per heavy atom. The number of Topliss-reactive ketones (excluding diaryl/α,β-unsaturated/α-hetero) is 1. The van der Waals surface area contributed by atoms with Crippen molar-refractivity contribution in [2.24, 2.45) is 10.9 Å². The lowest BCUT2D eigenvalue weighted by atomic mass is 9.94. The van der Waals surface area contributed by atoms with Gasteiger partial charge < -0.3 is 4.74 Å². The summed E-state index contributed by atoms with van der Waals surface area (Å²) in [7, 11) is 0. The molecule has 0 spiro atoms. The zero-order valence-electron chi connectivity index (χ0n) is 9.75. The Hall–Kier alpha value is -2.18. The van der Waals surface area contributed by atoms with Crippen molar-refractivity contribution in [3.05, 3.63) is 29.1 Å². The highest BCUT2D eigenvalue weighted by atomic mass is 19.2. The number of hydrogen-bond donors (Lipinski definition) is 0. The minimum atomic E-state index is -1.71. The molecule has 0 saturated carbocycles. The number of hydrogen-bond acceptors (Lipinski definition) is 4. The van der Waals surface area contributed by atoms with E-state index in [9.17, 15) is 22.8 Å². The van der Waals surface area contributed by atoms with E-state index in [0.717, 1.165) is 6.21 Å². The lowest BCUT2D eigenvalue weighted by Crippen LogP contribution is -2.30. The number of aliphatic imine (C=N–C) groups is 1. The molecule has 100 valence electrons. The molecule has 1 heterocycles. The molecule has 19 heavy (non-hydrogen) atoms. The first kappa shape index (κ1) is 13.3. The monoisotopic (exact) mass is 271 g/mol.